The number of carbonyl (C=O) groups is 2. The highest BCUT2D eigenvalue weighted by Crippen LogP contribution is 2.25. The van der Waals surface area contributed by atoms with Gasteiger partial charge in [-0.1, -0.05) is 23.9 Å². The van der Waals surface area contributed by atoms with Gasteiger partial charge in [0.1, 0.15) is 5.82 Å². The van der Waals surface area contributed by atoms with Crippen molar-refractivity contribution in [3.63, 3.8) is 0 Å². The minimum atomic E-state index is -0.544. The fraction of sp³-hybridized carbons (Fsp3) is 0.217. The second kappa shape index (κ2) is 9.45. The van der Waals surface area contributed by atoms with Crippen LogP contribution in [0.4, 0.5) is 9.18 Å². The molecule has 3 aromatic rings. The van der Waals surface area contributed by atoms with E-state index in [-0.39, 0.29) is 17.9 Å². The summed E-state index contributed by atoms with van der Waals surface area (Å²) in [6.45, 7) is 3.59. The Morgan fingerprint density at radius 1 is 1.18 bits per heavy atom. The Hall–Kier alpha value is -3.66. The molecule has 0 saturated carbocycles. The van der Waals surface area contributed by atoms with E-state index < -0.39 is 23.9 Å². The Balaban J connectivity index is 1.79. The fourth-order valence-electron chi connectivity index (χ4n) is 3.56. The summed E-state index contributed by atoms with van der Waals surface area (Å²) in [5, 5.41) is 6.07. The molecule has 0 spiro atoms. The molecule has 2 heterocycles. The summed E-state index contributed by atoms with van der Waals surface area (Å²) in [6.07, 6.45) is 0. The molecule has 0 radical (unpaired) electrons. The van der Waals surface area contributed by atoms with Crippen molar-refractivity contribution in [2.45, 2.75) is 25.0 Å². The van der Waals surface area contributed by atoms with Crippen LogP contribution in [0.1, 0.15) is 13.8 Å². The van der Waals surface area contributed by atoms with Gasteiger partial charge in [0.15, 0.2) is 5.16 Å². The molecular formula is C23H21FN4O4S. The highest BCUT2D eigenvalue weighted by atomic mass is 32.2. The molecule has 0 bridgehead atoms. The summed E-state index contributed by atoms with van der Waals surface area (Å²) in [6, 6.07) is 11.5. The number of fused-ring (bicyclic) bond motifs is 1. The van der Waals surface area contributed by atoms with E-state index >= 15 is 0 Å². The Kier molecular flexibility index (Phi) is 6.45. The molecule has 10 heteroatoms. The van der Waals surface area contributed by atoms with Crippen LogP contribution >= 0.6 is 11.8 Å². The van der Waals surface area contributed by atoms with Gasteiger partial charge >= 0.3 is 12.0 Å². The number of para-hydroxylation sites is 1. The van der Waals surface area contributed by atoms with Gasteiger partial charge in [-0.25, -0.2) is 19.0 Å². The topological polar surface area (TPSA) is 102 Å². The van der Waals surface area contributed by atoms with Crippen LogP contribution in [0.15, 0.2) is 69.8 Å². The van der Waals surface area contributed by atoms with Crippen molar-refractivity contribution in [3.8, 4) is 5.69 Å². The molecule has 0 saturated heterocycles. The van der Waals surface area contributed by atoms with E-state index in [1.807, 2.05) is 0 Å². The first kappa shape index (κ1) is 22.5. The van der Waals surface area contributed by atoms with Crippen molar-refractivity contribution in [2.75, 3.05) is 12.4 Å². The summed E-state index contributed by atoms with van der Waals surface area (Å²) in [4.78, 5) is 42.5. The van der Waals surface area contributed by atoms with Crippen molar-refractivity contribution in [1.29, 1.82) is 0 Å². The highest BCUT2D eigenvalue weighted by molar-refractivity contribution is 7.99. The lowest BCUT2D eigenvalue weighted by molar-refractivity contribution is -0.138. The van der Waals surface area contributed by atoms with Crippen LogP contribution in [0, 0.1) is 5.82 Å². The number of rotatable bonds is 6. The second-order valence-electron chi connectivity index (χ2n) is 7.25. The van der Waals surface area contributed by atoms with Gasteiger partial charge in [-0.15, -0.1) is 0 Å². The summed E-state index contributed by atoms with van der Waals surface area (Å²) >= 11 is 1.17. The largest absolute Gasteiger partial charge is 0.463 e. The van der Waals surface area contributed by atoms with Crippen LogP contribution in [0.2, 0.25) is 0 Å². The van der Waals surface area contributed by atoms with Crippen molar-refractivity contribution in [1.82, 2.24) is 20.2 Å². The van der Waals surface area contributed by atoms with Gasteiger partial charge in [0.25, 0.3) is 5.56 Å². The normalized spacial score (nSPS) is 15.8. The maximum Gasteiger partial charge on any atom is 0.337 e. The first-order valence-electron chi connectivity index (χ1n) is 10.3. The number of hydrogen-bond donors (Lipinski definition) is 2. The van der Waals surface area contributed by atoms with Crippen molar-refractivity contribution in [3.05, 3.63) is 76.0 Å². The average molecular weight is 469 g/mol. The minimum Gasteiger partial charge on any atom is -0.463 e. The van der Waals surface area contributed by atoms with Gasteiger partial charge in [-0.3, -0.25) is 9.36 Å². The SMILES string of the molecule is CCOC(=O)C1=C(CSc2nc3ccccc3c(=O)n2-c2ccc(F)cc2)NC(=O)N[C@H]1C. The number of aromatic nitrogens is 2. The lowest BCUT2D eigenvalue weighted by atomic mass is 10.1. The molecule has 1 aliphatic rings. The van der Waals surface area contributed by atoms with Crippen molar-refractivity contribution < 1.29 is 18.7 Å². The quantitative estimate of drug-likeness (QED) is 0.327. The number of benzene rings is 2. The van der Waals surface area contributed by atoms with Gasteiger partial charge in [0.05, 0.1) is 34.8 Å². The number of ether oxygens (including phenoxy) is 1. The lowest BCUT2D eigenvalue weighted by Crippen LogP contribution is -2.49. The first-order chi connectivity index (χ1) is 15.9. The molecule has 0 unspecified atom stereocenters. The van der Waals surface area contributed by atoms with E-state index in [9.17, 15) is 18.8 Å². The number of urea groups is 1. The van der Waals surface area contributed by atoms with E-state index in [2.05, 4.69) is 15.6 Å². The number of thioether (sulfide) groups is 1. The number of nitrogens with one attached hydrogen (secondary N) is 2. The molecule has 1 aliphatic heterocycles. The summed E-state index contributed by atoms with van der Waals surface area (Å²) in [7, 11) is 0. The van der Waals surface area contributed by atoms with Gasteiger partial charge in [-0.05, 0) is 50.2 Å². The number of amides is 2. The van der Waals surface area contributed by atoms with Crippen LogP contribution in [-0.4, -0.2) is 40.0 Å². The summed E-state index contributed by atoms with van der Waals surface area (Å²) in [5.41, 5.74) is 1.33. The number of nitrogens with zero attached hydrogens (tertiary/aromatic N) is 2. The molecule has 1 aromatic heterocycles. The maximum atomic E-state index is 13.5. The summed E-state index contributed by atoms with van der Waals surface area (Å²) < 4.78 is 20.0. The van der Waals surface area contributed by atoms with Gasteiger partial charge < -0.3 is 15.4 Å². The van der Waals surface area contributed by atoms with E-state index in [1.54, 1.807) is 38.1 Å². The van der Waals surface area contributed by atoms with E-state index in [0.29, 0.717) is 33.0 Å². The molecule has 2 aromatic carbocycles. The van der Waals surface area contributed by atoms with Crippen LogP contribution in [0.3, 0.4) is 0 Å². The van der Waals surface area contributed by atoms with Crippen LogP contribution in [0.5, 0.6) is 0 Å². The third-order valence-electron chi connectivity index (χ3n) is 5.04. The Labute approximate surface area is 192 Å². The Morgan fingerprint density at radius 2 is 1.91 bits per heavy atom. The maximum absolute atomic E-state index is 13.5. The molecular weight excluding hydrogens is 447 g/mol. The predicted octanol–water partition coefficient (Wildman–Crippen LogP) is 3.14. The van der Waals surface area contributed by atoms with Gasteiger partial charge in [0.2, 0.25) is 0 Å². The van der Waals surface area contributed by atoms with E-state index in [4.69, 9.17) is 4.74 Å². The zero-order valence-corrected chi connectivity index (χ0v) is 18.7. The lowest BCUT2D eigenvalue weighted by Gasteiger charge is -2.26. The number of halogens is 1. The van der Waals surface area contributed by atoms with Crippen LogP contribution < -0.4 is 16.2 Å². The van der Waals surface area contributed by atoms with E-state index in [1.165, 1.54) is 40.6 Å². The zero-order valence-electron chi connectivity index (χ0n) is 17.9. The molecule has 2 N–H and O–H groups in total. The monoisotopic (exact) mass is 468 g/mol. The first-order valence-corrected chi connectivity index (χ1v) is 11.3. The van der Waals surface area contributed by atoms with E-state index in [0.717, 1.165) is 0 Å². The molecule has 2 amide bonds. The second-order valence-corrected chi connectivity index (χ2v) is 8.19. The third-order valence-corrected chi connectivity index (χ3v) is 6.01. The predicted molar refractivity (Wildman–Crippen MR) is 123 cm³/mol. The molecule has 0 aliphatic carbocycles. The molecule has 1 atom stereocenters. The van der Waals surface area contributed by atoms with Gasteiger partial charge in [0, 0.05) is 11.4 Å². The Morgan fingerprint density at radius 3 is 2.64 bits per heavy atom. The number of carbonyl (C=O) groups excluding carboxylic acids is 2. The van der Waals surface area contributed by atoms with Crippen molar-refractivity contribution in [2.24, 2.45) is 0 Å². The summed E-state index contributed by atoms with van der Waals surface area (Å²) in [5.74, 6) is -0.807. The average Bonchev–Trinajstić information content (AvgIpc) is 2.78. The zero-order chi connectivity index (χ0) is 23.5. The molecule has 33 heavy (non-hydrogen) atoms. The standard InChI is InChI=1S/C23H21FN4O4S/c1-3-32-21(30)19-13(2)25-22(31)26-18(19)12-33-23-27-17-7-5-4-6-16(17)20(29)28(23)15-10-8-14(24)9-11-15/h4-11,13H,3,12H2,1-2H3,(H2,25,26,31)/t13-/m0/s1. The Bertz CT molecular complexity index is 1320. The molecule has 8 nitrogen and oxygen atoms in total. The molecule has 170 valence electrons. The van der Waals surface area contributed by atoms with Crippen molar-refractivity contribution >= 4 is 34.7 Å². The number of esters is 1. The third kappa shape index (κ3) is 4.61. The molecule has 4 rings (SSSR count). The number of hydrogen-bond acceptors (Lipinski definition) is 6. The smallest absolute Gasteiger partial charge is 0.337 e. The highest BCUT2D eigenvalue weighted by Gasteiger charge is 2.30. The minimum absolute atomic E-state index is 0.151. The van der Waals surface area contributed by atoms with Crippen LogP contribution in [0.25, 0.3) is 16.6 Å². The van der Waals surface area contributed by atoms with Gasteiger partial charge in [-0.2, -0.15) is 0 Å². The van der Waals surface area contributed by atoms with Crippen LogP contribution in [-0.2, 0) is 9.53 Å². The molecule has 0 fully saturated rings. The fourth-order valence-corrected chi connectivity index (χ4v) is 4.54.